The van der Waals surface area contributed by atoms with E-state index < -0.39 is 21.9 Å². The SMILES string of the molecule is O=C(N[C@@H]1CC[C@@H](CCNS(=O)(=O)c2ccc(F)cc2)O[C@H]1CO)C1CCC1. The number of benzene rings is 1. The number of rotatable bonds is 8. The molecule has 9 heteroatoms. The van der Waals surface area contributed by atoms with Crippen LogP contribution in [0.2, 0.25) is 0 Å². The first-order valence-electron chi connectivity index (χ1n) is 9.71. The Morgan fingerprint density at radius 1 is 1.18 bits per heavy atom. The van der Waals surface area contributed by atoms with Crippen molar-refractivity contribution in [1.29, 1.82) is 0 Å². The number of aliphatic hydroxyl groups excluding tert-OH is 1. The molecule has 0 radical (unpaired) electrons. The van der Waals surface area contributed by atoms with Gasteiger partial charge in [-0.05, 0) is 56.4 Å². The van der Waals surface area contributed by atoms with E-state index in [1.807, 2.05) is 0 Å². The second-order valence-corrected chi connectivity index (χ2v) is 9.21. The van der Waals surface area contributed by atoms with Gasteiger partial charge in [0.05, 0.1) is 23.6 Å². The Kier molecular flexibility index (Phi) is 7.03. The smallest absolute Gasteiger partial charge is 0.240 e. The van der Waals surface area contributed by atoms with Gasteiger partial charge in [-0.25, -0.2) is 17.5 Å². The van der Waals surface area contributed by atoms with Crippen molar-refractivity contribution in [2.24, 2.45) is 5.92 Å². The van der Waals surface area contributed by atoms with Gasteiger partial charge < -0.3 is 15.2 Å². The number of aliphatic hydroxyl groups is 1. The Morgan fingerprint density at radius 2 is 1.89 bits per heavy atom. The number of hydrogen-bond donors (Lipinski definition) is 3. The van der Waals surface area contributed by atoms with Gasteiger partial charge in [-0.3, -0.25) is 4.79 Å². The highest BCUT2D eigenvalue weighted by molar-refractivity contribution is 7.89. The lowest BCUT2D eigenvalue weighted by molar-refractivity contribution is -0.134. The summed E-state index contributed by atoms with van der Waals surface area (Å²) in [6, 6.07) is 4.41. The van der Waals surface area contributed by atoms with E-state index in [0.717, 1.165) is 31.4 Å². The summed E-state index contributed by atoms with van der Waals surface area (Å²) in [6.07, 6.45) is 4.02. The van der Waals surface area contributed by atoms with Gasteiger partial charge in [0.1, 0.15) is 11.9 Å². The van der Waals surface area contributed by atoms with Crippen LogP contribution >= 0.6 is 0 Å². The quantitative estimate of drug-likeness (QED) is 0.595. The number of carbonyl (C=O) groups excluding carboxylic acids is 1. The second kappa shape index (κ2) is 9.30. The summed E-state index contributed by atoms with van der Waals surface area (Å²) in [4.78, 5) is 12.1. The molecule has 2 aliphatic rings. The third-order valence-electron chi connectivity index (χ3n) is 5.48. The predicted molar refractivity (Wildman–Crippen MR) is 100 cm³/mol. The number of halogens is 1. The Bertz CT molecular complexity index is 767. The minimum atomic E-state index is -3.71. The second-order valence-electron chi connectivity index (χ2n) is 7.44. The summed E-state index contributed by atoms with van der Waals surface area (Å²) >= 11 is 0. The maximum Gasteiger partial charge on any atom is 0.240 e. The molecule has 3 rings (SSSR count). The number of amides is 1. The zero-order valence-electron chi connectivity index (χ0n) is 15.6. The molecule has 28 heavy (non-hydrogen) atoms. The van der Waals surface area contributed by atoms with Crippen molar-refractivity contribution < 1.29 is 27.4 Å². The Hall–Kier alpha value is -1.55. The first-order valence-corrected chi connectivity index (χ1v) is 11.2. The molecule has 3 N–H and O–H groups in total. The third-order valence-corrected chi connectivity index (χ3v) is 6.96. The van der Waals surface area contributed by atoms with Crippen LogP contribution in [0, 0.1) is 11.7 Å². The minimum absolute atomic E-state index is 0.00506. The molecular formula is C19H27FN2O5S. The fourth-order valence-corrected chi connectivity index (χ4v) is 4.58. The van der Waals surface area contributed by atoms with Crippen molar-refractivity contribution in [3.63, 3.8) is 0 Å². The van der Waals surface area contributed by atoms with E-state index >= 15 is 0 Å². The predicted octanol–water partition coefficient (Wildman–Crippen LogP) is 1.32. The van der Waals surface area contributed by atoms with Crippen molar-refractivity contribution in [3.8, 4) is 0 Å². The molecule has 1 heterocycles. The molecule has 1 aromatic carbocycles. The maximum absolute atomic E-state index is 12.9. The van der Waals surface area contributed by atoms with Gasteiger partial charge in [0.15, 0.2) is 0 Å². The van der Waals surface area contributed by atoms with Crippen molar-refractivity contribution in [1.82, 2.24) is 10.0 Å². The molecule has 1 saturated carbocycles. The number of carbonyl (C=O) groups is 1. The van der Waals surface area contributed by atoms with Gasteiger partial charge in [0, 0.05) is 12.5 Å². The lowest BCUT2D eigenvalue weighted by Crippen LogP contribution is -2.53. The lowest BCUT2D eigenvalue weighted by atomic mass is 9.84. The van der Waals surface area contributed by atoms with Gasteiger partial charge >= 0.3 is 0 Å². The normalized spacial score (nSPS) is 25.9. The highest BCUT2D eigenvalue weighted by atomic mass is 32.2. The Balaban J connectivity index is 1.45. The molecule has 7 nitrogen and oxygen atoms in total. The first-order chi connectivity index (χ1) is 13.4. The monoisotopic (exact) mass is 414 g/mol. The van der Waals surface area contributed by atoms with E-state index in [-0.39, 0.29) is 42.0 Å². The molecule has 0 spiro atoms. The highest BCUT2D eigenvalue weighted by Crippen LogP contribution is 2.28. The van der Waals surface area contributed by atoms with Crippen LogP contribution < -0.4 is 10.0 Å². The van der Waals surface area contributed by atoms with Crippen LogP contribution in [-0.2, 0) is 19.6 Å². The van der Waals surface area contributed by atoms with Crippen LogP contribution in [0.1, 0.15) is 38.5 Å². The molecule has 1 aliphatic carbocycles. The molecule has 1 aromatic rings. The highest BCUT2D eigenvalue weighted by Gasteiger charge is 2.34. The van der Waals surface area contributed by atoms with Crippen LogP contribution in [-0.4, -0.2) is 50.8 Å². The van der Waals surface area contributed by atoms with Crippen LogP contribution in [0.4, 0.5) is 4.39 Å². The zero-order chi connectivity index (χ0) is 20.1. The average Bonchev–Trinajstić information content (AvgIpc) is 2.61. The van der Waals surface area contributed by atoms with Crippen molar-refractivity contribution in [3.05, 3.63) is 30.1 Å². The third kappa shape index (κ3) is 5.28. The van der Waals surface area contributed by atoms with Gasteiger partial charge in [-0.1, -0.05) is 6.42 Å². The maximum atomic E-state index is 12.9. The van der Waals surface area contributed by atoms with Crippen LogP contribution in [0.3, 0.4) is 0 Å². The number of hydrogen-bond acceptors (Lipinski definition) is 5. The van der Waals surface area contributed by atoms with E-state index in [1.54, 1.807) is 0 Å². The van der Waals surface area contributed by atoms with E-state index in [0.29, 0.717) is 19.3 Å². The lowest BCUT2D eigenvalue weighted by Gasteiger charge is -2.37. The summed E-state index contributed by atoms with van der Waals surface area (Å²) in [5, 5.41) is 12.6. The summed E-state index contributed by atoms with van der Waals surface area (Å²) in [7, 11) is -3.71. The molecule has 1 saturated heterocycles. The summed E-state index contributed by atoms with van der Waals surface area (Å²) < 4.78 is 45.7. The van der Waals surface area contributed by atoms with Crippen LogP contribution in [0.5, 0.6) is 0 Å². The zero-order valence-corrected chi connectivity index (χ0v) is 16.5. The number of ether oxygens (including phenoxy) is 1. The molecule has 0 aromatic heterocycles. The number of sulfonamides is 1. The standard InChI is InChI=1S/C19H27FN2O5S/c20-14-4-7-16(8-5-14)28(25,26)21-11-10-15-6-9-17(18(12-23)27-15)22-19(24)13-2-1-3-13/h4-5,7-8,13,15,17-18,21,23H,1-3,6,9-12H2,(H,22,24)/t15-,17+,18-/m0/s1. The Labute approximate surface area is 164 Å². The topological polar surface area (TPSA) is 105 Å². The summed E-state index contributed by atoms with van der Waals surface area (Å²) in [6.45, 7) is -0.0327. The molecule has 0 unspecified atom stereocenters. The van der Waals surface area contributed by atoms with Crippen molar-refractivity contribution >= 4 is 15.9 Å². The summed E-state index contributed by atoms with van der Waals surface area (Å²) in [5.74, 6) is -0.384. The van der Waals surface area contributed by atoms with Crippen molar-refractivity contribution in [2.45, 2.75) is 61.7 Å². The van der Waals surface area contributed by atoms with Gasteiger partial charge in [-0.15, -0.1) is 0 Å². The molecule has 3 atom stereocenters. The fraction of sp³-hybridized carbons (Fsp3) is 0.632. The van der Waals surface area contributed by atoms with E-state index in [4.69, 9.17) is 4.74 Å². The molecule has 0 bridgehead atoms. The molecular weight excluding hydrogens is 387 g/mol. The molecule has 1 aliphatic heterocycles. The fourth-order valence-electron chi connectivity index (χ4n) is 3.53. The van der Waals surface area contributed by atoms with E-state index in [9.17, 15) is 22.7 Å². The van der Waals surface area contributed by atoms with Gasteiger partial charge in [0.25, 0.3) is 0 Å². The molecule has 156 valence electrons. The first kappa shape index (κ1) is 21.2. The number of nitrogens with one attached hydrogen (secondary N) is 2. The molecule has 2 fully saturated rings. The van der Waals surface area contributed by atoms with Crippen LogP contribution in [0.15, 0.2) is 29.2 Å². The van der Waals surface area contributed by atoms with Gasteiger partial charge in [-0.2, -0.15) is 0 Å². The average molecular weight is 414 g/mol. The summed E-state index contributed by atoms with van der Waals surface area (Å²) in [5.41, 5.74) is 0. The minimum Gasteiger partial charge on any atom is -0.394 e. The van der Waals surface area contributed by atoms with E-state index in [2.05, 4.69) is 10.0 Å². The van der Waals surface area contributed by atoms with E-state index in [1.165, 1.54) is 12.1 Å². The van der Waals surface area contributed by atoms with Crippen molar-refractivity contribution in [2.75, 3.05) is 13.2 Å². The largest absolute Gasteiger partial charge is 0.394 e. The Morgan fingerprint density at radius 3 is 2.50 bits per heavy atom. The van der Waals surface area contributed by atoms with Crippen LogP contribution in [0.25, 0.3) is 0 Å². The molecule has 1 amide bonds. The van der Waals surface area contributed by atoms with Gasteiger partial charge in [0.2, 0.25) is 15.9 Å².